The molecule has 30 heavy (non-hydrogen) atoms. The second-order valence-electron chi connectivity index (χ2n) is 8.98. The van der Waals surface area contributed by atoms with E-state index in [-0.39, 0.29) is 21.6 Å². The molecule has 162 valence electrons. The molecule has 4 N–H and O–H groups in total. The minimum Gasteiger partial charge on any atom is -0.480 e. The van der Waals surface area contributed by atoms with Gasteiger partial charge in [0.15, 0.2) is 11.6 Å². The summed E-state index contributed by atoms with van der Waals surface area (Å²) in [4.78, 5) is 12.1. The number of rotatable bonds is 4. The van der Waals surface area contributed by atoms with Crippen LogP contribution in [0.25, 0.3) is 0 Å². The third kappa shape index (κ3) is 3.94. The van der Waals surface area contributed by atoms with Gasteiger partial charge in [0.1, 0.15) is 11.9 Å². The van der Waals surface area contributed by atoms with Gasteiger partial charge in [-0.25, -0.2) is 13.2 Å². The number of carbonyl (C=O) groups is 1. The minimum atomic E-state index is -1.68. The van der Waals surface area contributed by atoms with Crippen LogP contribution in [-0.4, -0.2) is 23.2 Å². The molecule has 0 spiro atoms. The SMILES string of the molecule is CC(C)(C)CC1NC(C(=O)O)C(c2cccc(F)c2F)C1(N)c1ccc(Cl)cc1F. The Hall–Kier alpha value is -2.09. The van der Waals surface area contributed by atoms with Crippen LogP contribution in [0.15, 0.2) is 36.4 Å². The highest BCUT2D eigenvalue weighted by molar-refractivity contribution is 6.30. The number of nitrogens with one attached hydrogen (secondary N) is 1. The number of benzene rings is 2. The molecule has 1 fully saturated rings. The number of aliphatic carboxylic acids is 1. The van der Waals surface area contributed by atoms with Crippen LogP contribution in [0.1, 0.15) is 44.2 Å². The van der Waals surface area contributed by atoms with Crippen molar-refractivity contribution < 1.29 is 23.1 Å². The predicted molar refractivity (Wildman–Crippen MR) is 109 cm³/mol. The lowest BCUT2D eigenvalue weighted by atomic mass is 9.68. The average molecular weight is 441 g/mol. The van der Waals surface area contributed by atoms with E-state index in [2.05, 4.69) is 5.32 Å². The molecule has 1 heterocycles. The van der Waals surface area contributed by atoms with Gasteiger partial charge in [-0.2, -0.15) is 0 Å². The van der Waals surface area contributed by atoms with Crippen molar-refractivity contribution in [2.45, 2.75) is 50.7 Å². The van der Waals surface area contributed by atoms with E-state index in [9.17, 15) is 18.7 Å². The molecule has 3 rings (SSSR count). The first-order valence-corrected chi connectivity index (χ1v) is 9.91. The van der Waals surface area contributed by atoms with Gasteiger partial charge in [0.05, 0.1) is 5.54 Å². The van der Waals surface area contributed by atoms with Crippen molar-refractivity contribution >= 4 is 17.6 Å². The molecule has 4 unspecified atom stereocenters. The van der Waals surface area contributed by atoms with Crippen LogP contribution in [-0.2, 0) is 10.3 Å². The molecule has 0 radical (unpaired) electrons. The zero-order valence-electron chi connectivity index (χ0n) is 16.8. The van der Waals surface area contributed by atoms with E-state index < -0.39 is 47.0 Å². The molecule has 0 saturated carbocycles. The van der Waals surface area contributed by atoms with Crippen molar-refractivity contribution in [1.29, 1.82) is 0 Å². The summed E-state index contributed by atoms with van der Waals surface area (Å²) >= 11 is 5.89. The Morgan fingerprint density at radius 3 is 2.43 bits per heavy atom. The minimum absolute atomic E-state index is 0.00828. The third-order valence-electron chi connectivity index (χ3n) is 5.60. The van der Waals surface area contributed by atoms with E-state index in [1.807, 2.05) is 20.8 Å². The number of carboxylic acids is 1. The van der Waals surface area contributed by atoms with Gasteiger partial charge in [0, 0.05) is 22.5 Å². The quantitative estimate of drug-likeness (QED) is 0.651. The molecule has 2 aromatic rings. The molecule has 1 saturated heterocycles. The van der Waals surface area contributed by atoms with E-state index in [0.717, 1.165) is 12.1 Å². The summed E-state index contributed by atoms with van der Waals surface area (Å²) in [5.41, 5.74) is 4.58. The molecule has 4 nitrogen and oxygen atoms in total. The highest BCUT2D eigenvalue weighted by Crippen LogP contribution is 2.49. The summed E-state index contributed by atoms with van der Waals surface area (Å²) in [5, 5.41) is 13.0. The first-order valence-electron chi connectivity index (χ1n) is 9.53. The van der Waals surface area contributed by atoms with Crippen molar-refractivity contribution in [2.24, 2.45) is 11.1 Å². The summed E-state index contributed by atoms with van der Waals surface area (Å²) in [6.45, 7) is 5.79. The molecule has 0 aromatic heterocycles. The molecule has 0 bridgehead atoms. The van der Waals surface area contributed by atoms with Gasteiger partial charge in [-0.15, -0.1) is 0 Å². The molecular weight excluding hydrogens is 417 g/mol. The van der Waals surface area contributed by atoms with Crippen LogP contribution in [0.4, 0.5) is 13.2 Å². The topological polar surface area (TPSA) is 75.3 Å². The van der Waals surface area contributed by atoms with Crippen LogP contribution >= 0.6 is 11.6 Å². The third-order valence-corrected chi connectivity index (χ3v) is 5.84. The first-order chi connectivity index (χ1) is 13.9. The molecule has 2 aromatic carbocycles. The van der Waals surface area contributed by atoms with Crippen LogP contribution in [0.5, 0.6) is 0 Å². The molecule has 4 atom stereocenters. The highest BCUT2D eigenvalue weighted by atomic mass is 35.5. The molecular formula is C22H24ClF3N2O2. The number of halogens is 4. The Balaban J connectivity index is 2.30. The summed E-state index contributed by atoms with van der Waals surface area (Å²) in [5.74, 6) is -5.62. The average Bonchev–Trinajstić information content (AvgIpc) is 2.89. The predicted octanol–water partition coefficient (Wildman–Crippen LogP) is 4.56. The number of carboxylic acid groups (broad SMARTS) is 1. The Bertz CT molecular complexity index is 979. The van der Waals surface area contributed by atoms with E-state index in [4.69, 9.17) is 17.3 Å². The molecule has 0 amide bonds. The van der Waals surface area contributed by atoms with Gasteiger partial charge in [0.25, 0.3) is 0 Å². The summed E-state index contributed by atoms with van der Waals surface area (Å²) < 4.78 is 43.9. The number of nitrogens with two attached hydrogens (primary N) is 1. The summed E-state index contributed by atoms with van der Waals surface area (Å²) in [7, 11) is 0. The Kier molecular flexibility index (Phi) is 5.93. The fourth-order valence-electron chi connectivity index (χ4n) is 4.39. The van der Waals surface area contributed by atoms with Crippen LogP contribution in [0, 0.1) is 22.9 Å². The standard InChI is InChI=1S/C22H24ClF3N2O2/c1-21(2,3)10-16-22(27,13-8-7-11(23)9-15(13)25)17(19(28-16)20(29)30)12-5-4-6-14(24)18(12)26/h4-9,16-17,19,28H,10,27H2,1-3H3,(H,29,30). The van der Waals surface area contributed by atoms with Gasteiger partial charge in [-0.3, -0.25) is 10.1 Å². The Morgan fingerprint density at radius 2 is 1.87 bits per heavy atom. The van der Waals surface area contributed by atoms with E-state index >= 15 is 4.39 Å². The van der Waals surface area contributed by atoms with Crippen LogP contribution in [0.2, 0.25) is 5.02 Å². The van der Waals surface area contributed by atoms with Gasteiger partial charge in [-0.05, 0) is 35.6 Å². The summed E-state index contributed by atoms with van der Waals surface area (Å²) in [6.07, 6.45) is 0.364. The van der Waals surface area contributed by atoms with Crippen molar-refractivity contribution in [3.8, 4) is 0 Å². The lowest BCUT2D eigenvalue weighted by Crippen LogP contribution is -2.52. The zero-order valence-corrected chi connectivity index (χ0v) is 17.6. The van der Waals surface area contributed by atoms with Gasteiger partial charge in [0.2, 0.25) is 0 Å². The lowest BCUT2D eigenvalue weighted by Gasteiger charge is -2.39. The first kappa shape index (κ1) is 22.6. The number of hydrogen-bond donors (Lipinski definition) is 3. The van der Waals surface area contributed by atoms with Crippen LogP contribution < -0.4 is 11.1 Å². The van der Waals surface area contributed by atoms with Crippen LogP contribution in [0.3, 0.4) is 0 Å². The Labute approximate surface area is 178 Å². The van der Waals surface area contributed by atoms with Crippen molar-refractivity contribution in [1.82, 2.24) is 5.32 Å². The second-order valence-corrected chi connectivity index (χ2v) is 9.41. The maximum Gasteiger partial charge on any atom is 0.321 e. The Morgan fingerprint density at radius 1 is 1.20 bits per heavy atom. The maximum absolute atomic E-state index is 15.0. The second kappa shape index (κ2) is 7.87. The van der Waals surface area contributed by atoms with E-state index in [1.165, 1.54) is 24.3 Å². The van der Waals surface area contributed by atoms with E-state index in [0.29, 0.717) is 6.42 Å². The maximum atomic E-state index is 15.0. The van der Waals surface area contributed by atoms with Gasteiger partial charge >= 0.3 is 5.97 Å². The molecule has 1 aliphatic rings. The highest BCUT2D eigenvalue weighted by Gasteiger charge is 2.58. The van der Waals surface area contributed by atoms with Gasteiger partial charge < -0.3 is 10.8 Å². The molecule has 8 heteroatoms. The largest absolute Gasteiger partial charge is 0.480 e. The fraction of sp³-hybridized carbons (Fsp3) is 0.409. The summed E-state index contributed by atoms with van der Waals surface area (Å²) in [6, 6.07) is 5.31. The van der Waals surface area contributed by atoms with Gasteiger partial charge in [-0.1, -0.05) is 50.6 Å². The van der Waals surface area contributed by atoms with Crippen molar-refractivity contribution in [3.05, 3.63) is 70.0 Å². The smallest absolute Gasteiger partial charge is 0.321 e. The zero-order chi connectivity index (χ0) is 22.4. The number of hydrogen-bond acceptors (Lipinski definition) is 3. The molecule has 0 aliphatic carbocycles. The normalized spacial score (nSPS) is 26.7. The van der Waals surface area contributed by atoms with E-state index in [1.54, 1.807) is 0 Å². The lowest BCUT2D eigenvalue weighted by molar-refractivity contribution is -0.139. The van der Waals surface area contributed by atoms with Crippen molar-refractivity contribution in [3.63, 3.8) is 0 Å². The monoisotopic (exact) mass is 440 g/mol. The fourth-order valence-corrected chi connectivity index (χ4v) is 4.55. The molecule has 1 aliphatic heterocycles. The van der Waals surface area contributed by atoms with Crippen molar-refractivity contribution in [2.75, 3.05) is 0 Å².